The Balaban J connectivity index is 1.61. The summed E-state index contributed by atoms with van der Waals surface area (Å²) in [4.78, 5) is 2.45. The molecule has 2 heterocycles. The van der Waals surface area contributed by atoms with Crippen LogP contribution >= 0.6 is 0 Å². The number of ether oxygens (including phenoxy) is 1. The van der Waals surface area contributed by atoms with Crippen molar-refractivity contribution < 1.29 is 9.15 Å². The van der Waals surface area contributed by atoms with Gasteiger partial charge in [0.15, 0.2) is 0 Å². The van der Waals surface area contributed by atoms with Crippen LogP contribution in [0.2, 0.25) is 0 Å². The van der Waals surface area contributed by atoms with Gasteiger partial charge < -0.3 is 14.9 Å². The van der Waals surface area contributed by atoms with Gasteiger partial charge in [0.1, 0.15) is 11.5 Å². The molecule has 0 radical (unpaired) electrons. The summed E-state index contributed by atoms with van der Waals surface area (Å²) in [5.41, 5.74) is 6.02. The number of nitrogens with zero attached hydrogens (tertiary/aromatic N) is 1. The molecule has 3 atom stereocenters. The van der Waals surface area contributed by atoms with Gasteiger partial charge in [-0.15, -0.1) is 0 Å². The van der Waals surface area contributed by atoms with Crippen molar-refractivity contribution in [2.75, 3.05) is 26.2 Å². The summed E-state index contributed by atoms with van der Waals surface area (Å²) in [5, 5.41) is 0. The second kappa shape index (κ2) is 6.51. The van der Waals surface area contributed by atoms with Gasteiger partial charge >= 0.3 is 0 Å². The van der Waals surface area contributed by atoms with E-state index < -0.39 is 0 Å². The van der Waals surface area contributed by atoms with E-state index >= 15 is 0 Å². The maximum Gasteiger partial charge on any atom is 0.122 e. The van der Waals surface area contributed by atoms with Gasteiger partial charge in [0, 0.05) is 32.2 Å². The monoisotopic (exact) mass is 292 g/mol. The minimum atomic E-state index is 0.218. The van der Waals surface area contributed by atoms with E-state index in [1.165, 1.54) is 6.42 Å². The van der Waals surface area contributed by atoms with Gasteiger partial charge in [0.25, 0.3) is 0 Å². The Bertz CT molecular complexity index is 451. The van der Waals surface area contributed by atoms with Gasteiger partial charge in [-0.1, -0.05) is 6.92 Å². The molecule has 0 aromatic carbocycles. The predicted octanol–water partition coefficient (Wildman–Crippen LogP) is 2.90. The summed E-state index contributed by atoms with van der Waals surface area (Å²) >= 11 is 0. The summed E-state index contributed by atoms with van der Waals surface area (Å²) in [6.07, 6.45) is 3.87. The summed E-state index contributed by atoms with van der Waals surface area (Å²) in [6.45, 7) is 7.87. The zero-order valence-electron chi connectivity index (χ0n) is 13.3. The van der Waals surface area contributed by atoms with Crippen LogP contribution in [0.15, 0.2) is 16.5 Å². The van der Waals surface area contributed by atoms with Crippen LogP contribution in [0.4, 0.5) is 0 Å². The number of furan rings is 1. The maximum absolute atomic E-state index is 6.11. The fourth-order valence-electron chi connectivity index (χ4n) is 3.50. The van der Waals surface area contributed by atoms with Crippen LogP contribution in [0, 0.1) is 5.92 Å². The molecule has 21 heavy (non-hydrogen) atoms. The van der Waals surface area contributed by atoms with Gasteiger partial charge in [-0.3, -0.25) is 4.90 Å². The lowest BCUT2D eigenvalue weighted by atomic mass is 10.0. The minimum Gasteiger partial charge on any atom is -0.464 e. The van der Waals surface area contributed by atoms with Gasteiger partial charge in [-0.05, 0) is 44.2 Å². The standard InChI is InChI=1S/C17H28N2O2/c1-3-20-13-6-8-19(9-7-13)15(11-18)17-5-4-16(21-17)14-10-12(14)2/h4-5,12-15H,3,6-11,18H2,1-2H3. The van der Waals surface area contributed by atoms with Crippen molar-refractivity contribution in [3.8, 4) is 0 Å². The van der Waals surface area contributed by atoms with E-state index in [1.807, 2.05) is 0 Å². The van der Waals surface area contributed by atoms with E-state index in [-0.39, 0.29) is 6.04 Å². The first-order valence-corrected chi connectivity index (χ1v) is 8.38. The first-order valence-electron chi connectivity index (χ1n) is 8.38. The topological polar surface area (TPSA) is 51.6 Å². The van der Waals surface area contributed by atoms with Gasteiger partial charge in [0.05, 0.1) is 12.1 Å². The Morgan fingerprint density at radius 3 is 2.67 bits per heavy atom. The molecule has 3 rings (SSSR count). The first kappa shape index (κ1) is 15.1. The smallest absolute Gasteiger partial charge is 0.122 e. The summed E-state index contributed by atoms with van der Waals surface area (Å²) in [6, 6.07) is 4.50. The van der Waals surface area contributed by atoms with Crippen LogP contribution in [0.25, 0.3) is 0 Å². The highest BCUT2D eigenvalue weighted by Crippen LogP contribution is 2.47. The lowest BCUT2D eigenvalue weighted by Gasteiger charge is -2.36. The molecule has 2 fully saturated rings. The molecule has 2 aliphatic rings. The molecule has 1 saturated heterocycles. The number of hydrogen-bond donors (Lipinski definition) is 1. The highest BCUT2D eigenvalue weighted by Gasteiger charge is 2.37. The number of hydrogen-bond acceptors (Lipinski definition) is 4. The van der Waals surface area contributed by atoms with Crippen LogP contribution in [-0.2, 0) is 4.74 Å². The lowest BCUT2D eigenvalue weighted by Crippen LogP contribution is -2.41. The molecule has 1 saturated carbocycles. The molecule has 3 unspecified atom stereocenters. The number of piperidine rings is 1. The molecule has 4 heteroatoms. The second-order valence-corrected chi connectivity index (χ2v) is 6.50. The van der Waals surface area contributed by atoms with E-state index in [0.29, 0.717) is 18.6 Å². The van der Waals surface area contributed by atoms with Crippen molar-refractivity contribution in [3.63, 3.8) is 0 Å². The molecule has 0 amide bonds. The predicted molar refractivity (Wildman–Crippen MR) is 83.2 cm³/mol. The van der Waals surface area contributed by atoms with Crippen molar-refractivity contribution >= 4 is 0 Å². The third-order valence-corrected chi connectivity index (χ3v) is 4.99. The van der Waals surface area contributed by atoms with E-state index in [0.717, 1.165) is 50.0 Å². The SMILES string of the molecule is CCOC1CCN(C(CN)c2ccc(C3CC3C)o2)CC1. The van der Waals surface area contributed by atoms with Crippen LogP contribution in [0.3, 0.4) is 0 Å². The lowest BCUT2D eigenvalue weighted by molar-refractivity contribution is 0.00213. The Kier molecular flexibility index (Phi) is 4.67. The molecule has 1 aromatic rings. The Morgan fingerprint density at radius 1 is 1.38 bits per heavy atom. The maximum atomic E-state index is 6.11. The summed E-state index contributed by atoms with van der Waals surface area (Å²) < 4.78 is 11.8. The van der Waals surface area contributed by atoms with Crippen molar-refractivity contribution in [2.24, 2.45) is 11.7 Å². The Labute approximate surface area is 127 Å². The number of rotatable bonds is 6. The molecule has 118 valence electrons. The second-order valence-electron chi connectivity index (χ2n) is 6.50. The largest absolute Gasteiger partial charge is 0.464 e. The molecule has 4 nitrogen and oxygen atoms in total. The van der Waals surface area contributed by atoms with Crippen molar-refractivity contribution in [1.82, 2.24) is 4.90 Å². The molecular weight excluding hydrogens is 264 g/mol. The summed E-state index contributed by atoms with van der Waals surface area (Å²) in [7, 11) is 0. The average molecular weight is 292 g/mol. The zero-order chi connectivity index (χ0) is 14.8. The Hall–Kier alpha value is -0.840. The van der Waals surface area contributed by atoms with E-state index in [1.54, 1.807) is 0 Å². The molecule has 1 aliphatic carbocycles. The number of likely N-dealkylation sites (tertiary alicyclic amines) is 1. The van der Waals surface area contributed by atoms with E-state index in [9.17, 15) is 0 Å². The third kappa shape index (κ3) is 3.33. The highest BCUT2D eigenvalue weighted by molar-refractivity contribution is 5.19. The van der Waals surface area contributed by atoms with Gasteiger partial charge in [-0.25, -0.2) is 0 Å². The Morgan fingerprint density at radius 2 is 2.10 bits per heavy atom. The van der Waals surface area contributed by atoms with Gasteiger partial charge in [-0.2, -0.15) is 0 Å². The van der Waals surface area contributed by atoms with Crippen LogP contribution < -0.4 is 5.73 Å². The first-order chi connectivity index (χ1) is 10.2. The summed E-state index contributed by atoms with van der Waals surface area (Å²) in [5.74, 6) is 3.62. The molecular formula is C17H28N2O2. The van der Waals surface area contributed by atoms with Crippen molar-refractivity contribution in [2.45, 2.75) is 51.2 Å². The fraction of sp³-hybridized carbons (Fsp3) is 0.765. The normalized spacial score (nSPS) is 28.7. The fourth-order valence-corrected chi connectivity index (χ4v) is 3.50. The molecule has 1 aromatic heterocycles. The van der Waals surface area contributed by atoms with E-state index in [4.69, 9.17) is 14.9 Å². The average Bonchev–Trinajstić information content (AvgIpc) is 3.03. The van der Waals surface area contributed by atoms with Crippen molar-refractivity contribution in [3.05, 3.63) is 23.7 Å². The quantitative estimate of drug-likeness (QED) is 0.876. The zero-order valence-corrected chi connectivity index (χ0v) is 13.3. The van der Waals surface area contributed by atoms with Gasteiger partial charge in [0.2, 0.25) is 0 Å². The molecule has 0 spiro atoms. The van der Waals surface area contributed by atoms with Crippen molar-refractivity contribution in [1.29, 1.82) is 0 Å². The van der Waals surface area contributed by atoms with E-state index in [2.05, 4.69) is 30.9 Å². The number of nitrogens with two attached hydrogens (primary N) is 1. The molecule has 0 bridgehead atoms. The third-order valence-electron chi connectivity index (χ3n) is 4.99. The molecule has 1 aliphatic heterocycles. The van der Waals surface area contributed by atoms with Crippen LogP contribution in [0.5, 0.6) is 0 Å². The van der Waals surface area contributed by atoms with Crippen LogP contribution in [0.1, 0.15) is 56.6 Å². The van der Waals surface area contributed by atoms with Crippen LogP contribution in [-0.4, -0.2) is 37.2 Å². The highest BCUT2D eigenvalue weighted by atomic mass is 16.5. The molecule has 2 N–H and O–H groups in total. The minimum absolute atomic E-state index is 0.218.